The maximum Gasteiger partial charge on any atom is 0.387 e. The molecule has 0 aliphatic rings. The first-order valence-electron chi connectivity index (χ1n) is 5.97. The van der Waals surface area contributed by atoms with Crippen molar-refractivity contribution in [1.29, 1.82) is 0 Å². The molecule has 2 aromatic carbocycles. The van der Waals surface area contributed by atoms with E-state index in [0.29, 0.717) is 5.56 Å². The summed E-state index contributed by atoms with van der Waals surface area (Å²) < 4.78 is 41.5. The molecule has 2 aromatic rings. The first-order chi connectivity index (χ1) is 9.95. The summed E-state index contributed by atoms with van der Waals surface area (Å²) in [6.45, 7) is -2.95. The molecule has 0 unspecified atom stereocenters. The Bertz CT molecular complexity index is 659. The number of rotatable bonds is 5. The van der Waals surface area contributed by atoms with Crippen molar-refractivity contribution in [2.45, 2.75) is 13.0 Å². The van der Waals surface area contributed by atoms with E-state index in [-0.39, 0.29) is 28.5 Å². The summed E-state index contributed by atoms with van der Waals surface area (Å²) in [6, 6.07) is 9.47. The number of ether oxygens (including phenoxy) is 1. The molecule has 0 bridgehead atoms. The molecule has 0 heterocycles. The van der Waals surface area contributed by atoms with Crippen LogP contribution in [0.4, 0.5) is 13.2 Å². The molecule has 110 valence electrons. The molecule has 2 rings (SSSR count). The molecule has 0 aliphatic carbocycles. The number of carbonyl (C=O) groups is 1. The van der Waals surface area contributed by atoms with E-state index in [1.165, 1.54) is 42.5 Å². The topological polar surface area (TPSA) is 26.3 Å². The van der Waals surface area contributed by atoms with Gasteiger partial charge in [0.05, 0.1) is 5.02 Å². The van der Waals surface area contributed by atoms with Gasteiger partial charge in [-0.2, -0.15) is 8.78 Å². The zero-order chi connectivity index (χ0) is 15.4. The molecule has 0 spiro atoms. The van der Waals surface area contributed by atoms with E-state index in [4.69, 9.17) is 11.6 Å². The van der Waals surface area contributed by atoms with Crippen LogP contribution in [0.15, 0.2) is 42.5 Å². The van der Waals surface area contributed by atoms with Gasteiger partial charge in [-0.3, -0.25) is 4.79 Å². The SMILES string of the molecule is O=C(Cc1ccc(F)c(Cl)c1)c1cccc(OC(F)F)c1. The largest absolute Gasteiger partial charge is 0.435 e. The van der Waals surface area contributed by atoms with Crippen LogP contribution in [0.2, 0.25) is 5.02 Å². The van der Waals surface area contributed by atoms with Crippen molar-refractivity contribution in [3.63, 3.8) is 0 Å². The monoisotopic (exact) mass is 314 g/mol. The zero-order valence-electron chi connectivity index (χ0n) is 10.7. The molecule has 0 N–H and O–H groups in total. The van der Waals surface area contributed by atoms with Crippen LogP contribution >= 0.6 is 11.6 Å². The van der Waals surface area contributed by atoms with Gasteiger partial charge in [0, 0.05) is 12.0 Å². The van der Waals surface area contributed by atoms with E-state index in [1.807, 2.05) is 0 Å². The fourth-order valence-electron chi connectivity index (χ4n) is 1.78. The Morgan fingerprint density at radius 2 is 1.95 bits per heavy atom. The average molecular weight is 315 g/mol. The molecule has 0 atom stereocenters. The second-order valence-electron chi connectivity index (χ2n) is 4.25. The summed E-state index contributed by atoms with van der Waals surface area (Å²) in [4.78, 5) is 12.1. The fraction of sp³-hybridized carbons (Fsp3) is 0.133. The molecule has 2 nitrogen and oxygen atoms in total. The van der Waals surface area contributed by atoms with Crippen LogP contribution in [0.5, 0.6) is 5.75 Å². The third-order valence-corrected chi connectivity index (χ3v) is 3.02. The highest BCUT2D eigenvalue weighted by atomic mass is 35.5. The van der Waals surface area contributed by atoms with Gasteiger partial charge in [0.15, 0.2) is 5.78 Å². The summed E-state index contributed by atoms with van der Waals surface area (Å²) in [5, 5.41) is -0.0740. The van der Waals surface area contributed by atoms with Gasteiger partial charge in [-0.05, 0) is 29.8 Å². The van der Waals surface area contributed by atoms with Crippen LogP contribution in [0, 0.1) is 5.82 Å². The Balaban J connectivity index is 2.14. The first kappa shape index (κ1) is 15.4. The normalized spacial score (nSPS) is 10.7. The molecule has 0 fully saturated rings. The standard InChI is InChI=1S/C15H10ClF3O2/c16-12-6-9(4-5-13(12)17)7-14(20)10-2-1-3-11(8-10)21-15(18)19/h1-6,8,15H,7H2. The predicted molar refractivity (Wildman–Crippen MR) is 72.5 cm³/mol. The van der Waals surface area contributed by atoms with E-state index in [9.17, 15) is 18.0 Å². The van der Waals surface area contributed by atoms with E-state index in [2.05, 4.69) is 4.74 Å². The summed E-state index contributed by atoms with van der Waals surface area (Å²) >= 11 is 5.64. The van der Waals surface area contributed by atoms with Crippen LogP contribution in [0.3, 0.4) is 0 Å². The van der Waals surface area contributed by atoms with Crippen LogP contribution in [0.1, 0.15) is 15.9 Å². The second kappa shape index (κ2) is 6.63. The summed E-state index contributed by atoms with van der Waals surface area (Å²) in [7, 11) is 0. The summed E-state index contributed by atoms with van der Waals surface area (Å²) in [5.41, 5.74) is 0.764. The number of ketones is 1. The Hall–Kier alpha value is -2.01. The highest BCUT2D eigenvalue weighted by Crippen LogP contribution is 2.20. The third kappa shape index (κ3) is 4.23. The number of hydrogen-bond donors (Lipinski definition) is 0. The quantitative estimate of drug-likeness (QED) is 0.759. The molecule has 0 amide bonds. The van der Waals surface area contributed by atoms with Gasteiger partial charge in [0.25, 0.3) is 0 Å². The maximum atomic E-state index is 13.0. The lowest BCUT2D eigenvalue weighted by atomic mass is 10.0. The number of hydrogen-bond acceptors (Lipinski definition) is 2. The Labute approximate surface area is 124 Å². The summed E-state index contributed by atoms with van der Waals surface area (Å²) in [6.07, 6.45) is -0.0157. The van der Waals surface area contributed by atoms with Gasteiger partial charge >= 0.3 is 6.61 Å². The molecule has 0 radical (unpaired) electrons. The van der Waals surface area contributed by atoms with Crippen molar-refractivity contribution in [3.05, 3.63) is 64.4 Å². The van der Waals surface area contributed by atoms with Gasteiger partial charge in [-0.25, -0.2) is 4.39 Å². The van der Waals surface area contributed by atoms with Crippen LogP contribution < -0.4 is 4.74 Å². The van der Waals surface area contributed by atoms with Gasteiger partial charge in [-0.15, -0.1) is 0 Å². The predicted octanol–water partition coefficient (Wildman–Crippen LogP) is 4.51. The van der Waals surface area contributed by atoms with Crippen molar-refractivity contribution in [2.75, 3.05) is 0 Å². The zero-order valence-corrected chi connectivity index (χ0v) is 11.4. The van der Waals surface area contributed by atoms with Crippen LogP contribution in [0.25, 0.3) is 0 Å². The van der Waals surface area contributed by atoms with Gasteiger partial charge in [-0.1, -0.05) is 29.8 Å². The molecule has 0 aliphatic heterocycles. The number of alkyl halides is 2. The second-order valence-corrected chi connectivity index (χ2v) is 4.66. The molecule has 6 heteroatoms. The molecule has 0 aromatic heterocycles. The minimum atomic E-state index is -2.95. The van der Waals surface area contributed by atoms with Gasteiger partial charge in [0.1, 0.15) is 11.6 Å². The lowest BCUT2D eigenvalue weighted by Gasteiger charge is -2.07. The third-order valence-electron chi connectivity index (χ3n) is 2.73. The maximum absolute atomic E-state index is 13.0. The fourth-order valence-corrected chi connectivity index (χ4v) is 1.99. The van der Waals surface area contributed by atoms with Crippen LogP contribution in [-0.2, 0) is 6.42 Å². The van der Waals surface area contributed by atoms with Crippen molar-refractivity contribution < 1.29 is 22.7 Å². The van der Waals surface area contributed by atoms with Crippen molar-refractivity contribution >= 4 is 17.4 Å². The molecule has 0 saturated heterocycles. The molecule has 21 heavy (non-hydrogen) atoms. The molecule has 0 saturated carbocycles. The Morgan fingerprint density at radius 3 is 2.62 bits per heavy atom. The van der Waals surface area contributed by atoms with E-state index < -0.39 is 12.4 Å². The highest BCUT2D eigenvalue weighted by Gasteiger charge is 2.11. The first-order valence-corrected chi connectivity index (χ1v) is 6.35. The van der Waals surface area contributed by atoms with E-state index in [0.717, 1.165) is 0 Å². The lowest BCUT2D eigenvalue weighted by Crippen LogP contribution is -2.06. The molecular formula is C15H10ClF3O2. The van der Waals surface area contributed by atoms with Gasteiger partial charge < -0.3 is 4.74 Å². The van der Waals surface area contributed by atoms with E-state index in [1.54, 1.807) is 0 Å². The Kier molecular flexibility index (Phi) is 4.85. The van der Waals surface area contributed by atoms with Gasteiger partial charge in [0.2, 0.25) is 0 Å². The Morgan fingerprint density at radius 1 is 1.19 bits per heavy atom. The highest BCUT2D eigenvalue weighted by molar-refractivity contribution is 6.30. The number of halogens is 4. The molecular weight excluding hydrogens is 305 g/mol. The number of Topliss-reactive ketones (excluding diaryl/α,β-unsaturated/α-hetero) is 1. The van der Waals surface area contributed by atoms with E-state index >= 15 is 0 Å². The number of carbonyl (C=O) groups excluding carboxylic acids is 1. The lowest BCUT2D eigenvalue weighted by molar-refractivity contribution is -0.0498. The van der Waals surface area contributed by atoms with Crippen LogP contribution in [-0.4, -0.2) is 12.4 Å². The minimum absolute atomic E-state index is 0.0157. The average Bonchev–Trinajstić information content (AvgIpc) is 2.42. The summed E-state index contributed by atoms with van der Waals surface area (Å²) in [5.74, 6) is -0.967. The van der Waals surface area contributed by atoms with Crippen molar-refractivity contribution in [1.82, 2.24) is 0 Å². The van der Waals surface area contributed by atoms with Crippen molar-refractivity contribution in [3.8, 4) is 5.75 Å². The van der Waals surface area contributed by atoms with Crippen molar-refractivity contribution in [2.24, 2.45) is 0 Å². The minimum Gasteiger partial charge on any atom is -0.435 e. The number of benzene rings is 2. The smallest absolute Gasteiger partial charge is 0.387 e.